The van der Waals surface area contributed by atoms with E-state index in [2.05, 4.69) is 32.2 Å². The van der Waals surface area contributed by atoms with E-state index in [4.69, 9.17) is 4.74 Å². The number of carbonyl (C=O) groups is 1. The van der Waals surface area contributed by atoms with Crippen molar-refractivity contribution in [3.63, 3.8) is 0 Å². The Labute approximate surface area is 98.2 Å². The van der Waals surface area contributed by atoms with Gasteiger partial charge in [-0.1, -0.05) is 11.6 Å². The number of ether oxygens (including phenoxy) is 1. The van der Waals surface area contributed by atoms with Crippen LogP contribution in [0.5, 0.6) is 0 Å². The van der Waals surface area contributed by atoms with E-state index >= 15 is 0 Å². The van der Waals surface area contributed by atoms with Crippen molar-refractivity contribution in [3.05, 3.63) is 11.6 Å². The Bertz CT molecular complexity index is 294. The normalized spacial score (nSPS) is 26.2. The fourth-order valence-corrected chi connectivity index (χ4v) is 2.58. The second-order valence-electron chi connectivity index (χ2n) is 5.26. The lowest BCUT2D eigenvalue weighted by molar-refractivity contribution is -0.121. The Morgan fingerprint density at radius 2 is 2.19 bits per heavy atom. The van der Waals surface area contributed by atoms with Crippen molar-refractivity contribution in [2.24, 2.45) is 5.92 Å². The summed E-state index contributed by atoms with van der Waals surface area (Å²) in [6, 6.07) is 0. The van der Waals surface area contributed by atoms with Crippen molar-refractivity contribution in [1.29, 1.82) is 0 Å². The Kier molecular flexibility index (Phi) is 4.14. The highest BCUT2D eigenvalue weighted by Gasteiger charge is 2.37. The van der Waals surface area contributed by atoms with Gasteiger partial charge in [-0.25, -0.2) is 0 Å². The molecular formula is C13H23NO2. The molecule has 1 amide bonds. The van der Waals surface area contributed by atoms with Crippen LogP contribution in [0.1, 0.15) is 40.5 Å². The molecule has 3 nitrogen and oxygen atoms in total. The van der Waals surface area contributed by atoms with Crippen molar-refractivity contribution in [2.75, 3.05) is 7.11 Å². The molecule has 0 fully saturated rings. The molecule has 1 aliphatic carbocycles. The molecule has 0 aliphatic heterocycles. The van der Waals surface area contributed by atoms with E-state index in [0.29, 0.717) is 5.92 Å². The standard InChI is InChI=1S/C13H23NO2/c1-9-6-7-11(12(8-9)16-5)13(3,4)14-10(2)15/h8,11-12H,6-7H2,1-5H3,(H,14,15). The number of nitrogens with one attached hydrogen (secondary N) is 1. The highest BCUT2D eigenvalue weighted by molar-refractivity contribution is 5.73. The minimum absolute atomic E-state index is 0.0196. The molecule has 1 N–H and O–H groups in total. The Morgan fingerprint density at radius 1 is 1.56 bits per heavy atom. The van der Waals surface area contributed by atoms with Crippen LogP contribution >= 0.6 is 0 Å². The van der Waals surface area contributed by atoms with Gasteiger partial charge in [-0.2, -0.15) is 0 Å². The van der Waals surface area contributed by atoms with Gasteiger partial charge in [0.1, 0.15) is 0 Å². The summed E-state index contributed by atoms with van der Waals surface area (Å²) >= 11 is 0. The van der Waals surface area contributed by atoms with Crippen LogP contribution in [0.3, 0.4) is 0 Å². The summed E-state index contributed by atoms with van der Waals surface area (Å²) in [5.41, 5.74) is 1.16. The van der Waals surface area contributed by atoms with Gasteiger partial charge in [0.2, 0.25) is 5.91 Å². The highest BCUT2D eigenvalue weighted by Crippen LogP contribution is 2.33. The molecule has 0 spiro atoms. The van der Waals surface area contributed by atoms with Gasteiger partial charge in [-0.15, -0.1) is 0 Å². The van der Waals surface area contributed by atoms with Crippen LogP contribution in [0.25, 0.3) is 0 Å². The molecule has 0 aromatic rings. The molecule has 2 unspecified atom stereocenters. The van der Waals surface area contributed by atoms with Crippen LogP contribution in [-0.2, 0) is 9.53 Å². The number of amides is 1. The zero-order valence-corrected chi connectivity index (χ0v) is 11.0. The first-order chi connectivity index (χ1) is 7.36. The summed E-state index contributed by atoms with van der Waals surface area (Å²) < 4.78 is 5.51. The van der Waals surface area contributed by atoms with Crippen molar-refractivity contribution >= 4 is 5.91 Å². The van der Waals surface area contributed by atoms with Gasteiger partial charge in [-0.05, 0) is 33.6 Å². The Balaban J connectivity index is 2.82. The molecule has 0 aromatic carbocycles. The first kappa shape index (κ1) is 13.2. The molecule has 2 atom stereocenters. The van der Waals surface area contributed by atoms with E-state index in [1.165, 1.54) is 5.57 Å². The largest absolute Gasteiger partial charge is 0.377 e. The molecule has 16 heavy (non-hydrogen) atoms. The van der Waals surface area contributed by atoms with Gasteiger partial charge in [-0.3, -0.25) is 4.79 Å². The quantitative estimate of drug-likeness (QED) is 0.748. The van der Waals surface area contributed by atoms with Crippen molar-refractivity contribution < 1.29 is 9.53 Å². The maximum Gasteiger partial charge on any atom is 0.217 e. The third kappa shape index (κ3) is 3.08. The van der Waals surface area contributed by atoms with Gasteiger partial charge in [0.25, 0.3) is 0 Å². The van der Waals surface area contributed by atoms with E-state index in [1.54, 1.807) is 14.0 Å². The van der Waals surface area contributed by atoms with Gasteiger partial charge in [0.15, 0.2) is 0 Å². The molecule has 0 radical (unpaired) electrons. The first-order valence-electron chi connectivity index (χ1n) is 5.85. The molecule has 1 aliphatic rings. The van der Waals surface area contributed by atoms with E-state index in [0.717, 1.165) is 12.8 Å². The number of carbonyl (C=O) groups excluding carboxylic acids is 1. The molecule has 3 heteroatoms. The van der Waals surface area contributed by atoms with Crippen molar-refractivity contribution in [2.45, 2.75) is 52.2 Å². The van der Waals surface area contributed by atoms with E-state index in [1.807, 2.05) is 0 Å². The fourth-order valence-electron chi connectivity index (χ4n) is 2.58. The van der Waals surface area contributed by atoms with Gasteiger partial charge in [0, 0.05) is 25.5 Å². The maximum absolute atomic E-state index is 11.2. The van der Waals surface area contributed by atoms with E-state index in [9.17, 15) is 4.79 Å². The number of methoxy groups -OCH3 is 1. The SMILES string of the molecule is COC1C=C(C)CCC1C(C)(C)NC(C)=O. The smallest absolute Gasteiger partial charge is 0.217 e. The molecule has 0 heterocycles. The summed E-state index contributed by atoms with van der Waals surface area (Å²) in [4.78, 5) is 11.2. The molecule has 1 rings (SSSR count). The molecule has 0 saturated carbocycles. The van der Waals surface area contributed by atoms with Gasteiger partial charge in [0.05, 0.1) is 6.10 Å². The summed E-state index contributed by atoms with van der Waals surface area (Å²) in [6.45, 7) is 7.83. The van der Waals surface area contributed by atoms with Crippen LogP contribution < -0.4 is 5.32 Å². The predicted octanol–water partition coefficient (Wildman–Crippen LogP) is 2.27. The van der Waals surface area contributed by atoms with Crippen LogP contribution in [0.4, 0.5) is 0 Å². The van der Waals surface area contributed by atoms with E-state index < -0.39 is 0 Å². The van der Waals surface area contributed by atoms with Gasteiger partial charge < -0.3 is 10.1 Å². The Morgan fingerprint density at radius 3 is 2.69 bits per heavy atom. The topological polar surface area (TPSA) is 38.3 Å². The molecule has 0 saturated heterocycles. The minimum Gasteiger partial charge on any atom is -0.377 e. The number of hydrogen-bond acceptors (Lipinski definition) is 2. The average molecular weight is 225 g/mol. The number of allylic oxidation sites excluding steroid dienone is 1. The number of rotatable bonds is 3. The molecule has 0 bridgehead atoms. The van der Waals surface area contributed by atoms with Crippen LogP contribution in [0.2, 0.25) is 0 Å². The summed E-state index contributed by atoms with van der Waals surface area (Å²) in [7, 11) is 1.73. The maximum atomic E-state index is 11.2. The third-order valence-electron chi connectivity index (χ3n) is 3.39. The zero-order valence-electron chi connectivity index (χ0n) is 11.0. The second-order valence-corrected chi connectivity index (χ2v) is 5.26. The second kappa shape index (κ2) is 5.00. The lowest BCUT2D eigenvalue weighted by Crippen LogP contribution is -2.53. The minimum atomic E-state index is -0.219. The Hall–Kier alpha value is -0.830. The zero-order chi connectivity index (χ0) is 12.3. The number of hydrogen-bond donors (Lipinski definition) is 1. The fraction of sp³-hybridized carbons (Fsp3) is 0.769. The summed E-state index contributed by atoms with van der Waals surface area (Å²) in [6.07, 6.45) is 4.44. The first-order valence-corrected chi connectivity index (χ1v) is 5.85. The van der Waals surface area contributed by atoms with Crippen LogP contribution in [0.15, 0.2) is 11.6 Å². The molecular weight excluding hydrogens is 202 g/mol. The van der Waals surface area contributed by atoms with E-state index in [-0.39, 0.29) is 17.6 Å². The molecule has 0 aromatic heterocycles. The van der Waals surface area contributed by atoms with Gasteiger partial charge >= 0.3 is 0 Å². The van der Waals surface area contributed by atoms with Crippen LogP contribution in [0, 0.1) is 5.92 Å². The van der Waals surface area contributed by atoms with Crippen molar-refractivity contribution in [1.82, 2.24) is 5.32 Å². The lowest BCUT2D eigenvalue weighted by atomic mass is 9.75. The third-order valence-corrected chi connectivity index (χ3v) is 3.39. The summed E-state index contributed by atoms with van der Waals surface area (Å²) in [5, 5.41) is 3.02. The summed E-state index contributed by atoms with van der Waals surface area (Å²) in [5.74, 6) is 0.358. The average Bonchev–Trinajstić information content (AvgIpc) is 2.15. The van der Waals surface area contributed by atoms with Crippen molar-refractivity contribution in [3.8, 4) is 0 Å². The monoisotopic (exact) mass is 225 g/mol. The molecule has 92 valence electrons. The lowest BCUT2D eigenvalue weighted by Gasteiger charge is -2.40. The van der Waals surface area contributed by atoms with Crippen LogP contribution in [-0.4, -0.2) is 24.7 Å². The highest BCUT2D eigenvalue weighted by atomic mass is 16.5. The predicted molar refractivity (Wildman–Crippen MR) is 65.2 cm³/mol.